The number of halogens is 3. The summed E-state index contributed by atoms with van der Waals surface area (Å²) in [5.74, 6) is 0.679. The van der Waals surface area contributed by atoms with Crippen LogP contribution in [0.15, 0.2) is 40.4 Å². The van der Waals surface area contributed by atoms with Gasteiger partial charge in [-0.1, -0.05) is 11.6 Å². The number of aromatic amines is 1. The molecule has 0 amide bonds. The highest BCUT2D eigenvalue weighted by Crippen LogP contribution is 2.34. The number of carboxylic acids is 1. The molecule has 2 aromatic carbocycles. The van der Waals surface area contributed by atoms with Gasteiger partial charge in [-0.2, -0.15) is 0 Å². The Hall–Kier alpha value is -1.51. The minimum absolute atomic E-state index is 0.0791. The van der Waals surface area contributed by atoms with Crippen LogP contribution in [0.2, 0.25) is 5.02 Å². The van der Waals surface area contributed by atoms with E-state index in [1.54, 1.807) is 38.5 Å². The van der Waals surface area contributed by atoms with Crippen LogP contribution in [-0.2, 0) is 4.79 Å². The van der Waals surface area contributed by atoms with Crippen molar-refractivity contribution in [3.63, 3.8) is 0 Å². The third-order valence-corrected chi connectivity index (χ3v) is 6.53. The monoisotopic (exact) mass is 669 g/mol. The number of nitrogens with zero attached hydrogens (tertiary/aromatic N) is 2. The maximum atomic E-state index is 11.8. The van der Waals surface area contributed by atoms with Gasteiger partial charge in [-0.25, -0.2) is 9.78 Å². The average molecular weight is 670 g/mol. The van der Waals surface area contributed by atoms with Gasteiger partial charge in [0.1, 0.15) is 16.4 Å². The number of aromatic nitrogens is 3. The molecule has 30 heavy (non-hydrogen) atoms. The van der Waals surface area contributed by atoms with Gasteiger partial charge in [-0.05, 0) is 98.9 Å². The summed E-state index contributed by atoms with van der Waals surface area (Å²) in [4.78, 5) is 16.3. The molecule has 0 unspecified atom stereocenters. The number of carboxylic acid groups (broad SMARTS) is 1. The lowest BCUT2D eigenvalue weighted by molar-refractivity contribution is -0.131. The van der Waals surface area contributed by atoms with E-state index < -0.39 is 5.97 Å². The molecule has 0 fully saturated rings. The quantitative estimate of drug-likeness (QED) is 0.193. The molecule has 3 aromatic rings. The van der Waals surface area contributed by atoms with Crippen LogP contribution in [0.4, 0.5) is 0 Å². The highest BCUT2D eigenvalue weighted by Gasteiger charge is 2.17. The molecule has 7 nitrogen and oxygen atoms in total. The number of rotatable bonds is 7. The van der Waals surface area contributed by atoms with E-state index in [9.17, 15) is 9.90 Å². The third kappa shape index (κ3) is 5.39. The number of methoxy groups -OCH3 is 2. The molecule has 2 N–H and O–H groups in total. The van der Waals surface area contributed by atoms with Gasteiger partial charge in [-0.15, -0.1) is 5.10 Å². The second kappa shape index (κ2) is 10.2. The van der Waals surface area contributed by atoms with Crippen molar-refractivity contribution >= 4 is 80.6 Å². The summed E-state index contributed by atoms with van der Waals surface area (Å²) in [5, 5.41) is 17.4. The zero-order valence-corrected chi connectivity index (χ0v) is 21.5. The van der Waals surface area contributed by atoms with E-state index in [1.807, 2.05) is 12.1 Å². The largest absolute Gasteiger partial charge is 0.496 e. The summed E-state index contributed by atoms with van der Waals surface area (Å²) < 4.78 is 12.5. The van der Waals surface area contributed by atoms with E-state index in [4.69, 9.17) is 21.1 Å². The topological polar surface area (TPSA) is 97.3 Å². The molecule has 0 saturated carbocycles. The highest BCUT2D eigenvalue weighted by molar-refractivity contribution is 14.1. The fraction of sp³-hybridized carbons (Fsp3) is 0.105. The second-order valence-electron chi connectivity index (χ2n) is 5.74. The van der Waals surface area contributed by atoms with E-state index in [2.05, 4.69) is 60.4 Å². The van der Waals surface area contributed by atoms with Crippen molar-refractivity contribution in [2.45, 2.75) is 5.16 Å². The number of ether oxygens (including phenoxy) is 2. The Morgan fingerprint density at radius 2 is 1.90 bits per heavy atom. The first-order chi connectivity index (χ1) is 14.3. The van der Waals surface area contributed by atoms with Crippen LogP contribution in [0.1, 0.15) is 5.56 Å². The lowest BCUT2D eigenvalue weighted by Gasteiger charge is -2.08. The Labute approximate surface area is 208 Å². The van der Waals surface area contributed by atoms with Gasteiger partial charge >= 0.3 is 5.97 Å². The second-order valence-corrected chi connectivity index (χ2v) is 9.51. The van der Waals surface area contributed by atoms with Gasteiger partial charge in [0.15, 0.2) is 5.82 Å². The molecule has 1 heterocycles. The first kappa shape index (κ1) is 23.2. The van der Waals surface area contributed by atoms with E-state index in [1.165, 1.54) is 0 Å². The molecular formula is C19H14ClI2N3O4S. The molecule has 0 radical (unpaired) electrons. The van der Waals surface area contributed by atoms with Gasteiger partial charge in [0, 0.05) is 5.02 Å². The molecule has 0 aliphatic carbocycles. The minimum Gasteiger partial charge on any atom is -0.496 e. The van der Waals surface area contributed by atoms with Crippen LogP contribution in [0.3, 0.4) is 0 Å². The van der Waals surface area contributed by atoms with Crippen molar-refractivity contribution in [1.82, 2.24) is 15.2 Å². The first-order valence-electron chi connectivity index (χ1n) is 8.24. The van der Waals surface area contributed by atoms with Crippen molar-refractivity contribution < 1.29 is 19.4 Å². The summed E-state index contributed by atoms with van der Waals surface area (Å²) in [6, 6.07) is 8.84. The van der Waals surface area contributed by atoms with Gasteiger partial charge in [0.05, 0.1) is 26.9 Å². The Bertz CT molecular complexity index is 1110. The normalized spacial score (nSPS) is 11.4. The summed E-state index contributed by atoms with van der Waals surface area (Å²) in [7, 11) is 3.14. The molecule has 156 valence electrons. The Kier molecular flexibility index (Phi) is 7.87. The van der Waals surface area contributed by atoms with Crippen molar-refractivity contribution in [2.75, 3.05) is 14.2 Å². The van der Waals surface area contributed by atoms with Crippen molar-refractivity contribution in [3.05, 3.63) is 53.0 Å². The highest BCUT2D eigenvalue weighted by atomic mass is 127. The smallest absolute Gasteiger partial charge is 0.342 e. The first-order valence-corrected chi connectivity index (χ1v) is 11.6. The molecule has 3 rings (SSSR count). The Morgan fingerprint density at radius 1 is 1.20 bits per heavy atom. The Balaban J connectivity index is 1.92. The molecular weight excluding hydrogens is 656 g/mol. The van der Waals surface area contributed by atoms with Gasteiger partial charge < -0.3 is 14.6 Å². The van der Waals surface area contributed by atoms with Crippen molar-refractivity contribution in [2.24, 2.45) is 0 Å². The summed E-state index contributed by atoms with van der Waals surface area (Å²) in [6.07, 6.45) is 1.58. The molecule has 0 bridgehead atoms. The van der Waals surface area contributed by atoms with Crippen LogP contribution in [0.25, 0.3) is 17.5 Å². The lowest BCUT2D eigenvalue weighted by atomic mass is 10.2. The molecule has 0 saturated heterocycles. The molecule has 11 heteroatoms. The number of carbonyl (C=O) groups is 1. The number of benzene rings is 2. The Morgan fingerprint density at radius 3 is 2.50 bits per heavy atom. The van der Waals surface area contributed by atoms with Crippen LogP contribution in [0.5, 0.6) is 11.5 Å². The van der Waals surface area contributed by atoms with Crippen LogP contribution < -0.4 is 9.47 Å². The van der Waals surface area contributed by atoms with Gasteiger partial charge in [0.25, 0.3) is 0 Å². The molecule has 0 aliphatic heterocycles. The minimum atomic E-state index is -1.08. The summed E-state index contributed by atoms with van der Waals surface area (Å²) in [6.45, 7) is 0. The number of thioether (sulfide) groups is 1. The SMILES string of the molecule is COc1ccc(Cl)cc1-c1nc(S/C(=C\c2cc(I)c(OC)c(I)c2)C(=O)O)n[nH]1. The number of nitrogens with one attached hydrogen (secondary N) is 1. The average Bonchev–Trinajstić information content (AvgIpc) is 3.15. The maximum Gasteiger partial charge on any atom is 0.342 e. The standard InChI is InChI=1S/C19H14ClI2N3O4S/c1-28-14-4-3-10(20)8-11(14)17-23-19(25-24-17)30-15(18(26)27)7-9-5-12(21)16(29-2)13(22)6-9/h3-8H,1-2H3,(H,26,27)(H,23,24,25)/b15-7-. The molecule has 0 spiro atoms. The van der Waals surface area contributed by atoms with E-state index >= 15 is 0 Å². The number of hydrogen-bond donors (Lipinski definition) is 2. The van der Waals surface area contributed by atoms with Crippen molar-refractivity contribution in [1.29, 1.82) is 0 Å². The van der Waals surface area contributed by atoms with Gasteiger partial charge in [0.2, 0.25) is 5.16 Å². The van der Waals surface area contributed by atoms with Crippen LogP contribution in [0, 0.1) is 7.14 Å². The zero-order chi connectivity index (χ0) is 21.8. The molecule has 0 aliphatic rings. The van der Waals surface area contributed by atoms with Crippen LogP contribution in [-0.4, -0.2) is 40.5 Å². The predicted molar refractivity (Wildman–Crippen MR) is 133 cm³/mol. The fourth-order valence-electron chi connectivity index (χ4n) is 2.52. The predicted octanol–water partition coefficient (Wildman–Crippen LogP) is 5.57. The summed E-state index contributed by atoms with van der Waals surface area (Å²) in [5.41, 5.74) is 1.37. The maximum absolute atomic E-state index is 11.8. The number of hydrogen-bond acceptors (Lipinski definition) is 6. The zero-order valence-electron chi connectivity index (χ0n) is 15.6. The van der Waals surface area contributed by atoms with E-state index in [0.717, 1.165) is 30.2 Å². The number of aliphatic carboxylic acids is 1. The van der Waals surface area contributed by atoms with Crippen LogP contribution >= 0.6 is 68.5 Å². The van der Waals surface area contributed by atoms with E-state index in [0.29, 0.717) is 22.2 Å². The summed E-state index contributed by atoms with van der Waals surface area (Å²) >= 11 is 11.3. The van der Waals surface area contributed by atoms with Gasteiger partial charge in [-0.3, -0.25) is 5.10 Å². The third-order valence-electron chi connectivity index (χ3n) is 3.82. The fourth-order valence-corrected chi connectivity index (χ4v) is 5.66. The van der Waals surface area contributed by atoms with Crippen molar-refractivity contribution in [3.8, 4) is 22.9 Å². The van der Waals surface area contributed by atoms with E-state index in [-0.39, 0.29) is 10.1 Å². The molecule has 1 aromatic heterocycles. The lowest BCUT2D eigenvalue weighted by Crippen LogP contribution is -1.98. The number of H-pyrrole nitrogens is 1. The molecule has 0 atom stereocenters.